The Morgan fingerprint density at radius 3 is 2.58 bits per heavy atom. The molecule has 0 bridgehead atoms. The van der Waals surface area contributed by atoms with E-state index in [0.717, 1.165) is 31.9 Å². The molecule has 3 N–H and O–H groups in total. The van der Waals surface area contributed by atoms with Crippen LogP contribution in [-0.2, 0) is 10.2 Å². The van der Waals surface area contributed by atoms with Crippen molar-refractivity contribution in [2.24, 2.45) is 10.9 Å². The smallest absolute Gasteiger partial charge is 0.223 e. The quantitative estimate of drug-likeness (QED) is 0.369. The number of hydrogen-bond donors (Lipinski definition) is 3. The number of amides is 1. The van der Waals surface area contributed by atoms with E-state index in [1.807, 2.05) is 0 Å². The van der Waals surface area contributed by atoms with Crippen molar-refractivity contribution in [3.05, 3.63) is 22.4 Å². The Hall–Kier alpha value is -1.56. The Bertz CT molecular complexity index is 562. The van der Waals surface area contributed by atoms with Gasteiger partial charge in [-0.1, -0.05) is 39.2 Å². The molecule has 1 aromatic rings. The molecule has 2 rings (SSSR count). The zero-order valence-electron chi connectivity index (χ0n) is 16.4. The second-order valence-electron chi connectivity index (χ2n) is 7.61. The first-order valence-electron chi connectivity index (χ1n) is 9.87. The van der Waals surface area contributed by atoms with Gasteiger partial charge in [-0.25, -0.2) is 0 Å². The molecule has 1 amide bonds. The van der Waals surface area contributed by atoms with Gasteiger partial charge in [0.2, 0.25) is 5.91 Å². The van der Waals surface area contributed by atoms with Crippen molar-refractivity contribution >= 4 is 23.2 Å². The van der Waals surface area contributed by atoms with Crippen LogP contribution >= 0.6 is 11.3 Å². The number of nitrogens with one attached hydrogen (secondary N) is 3. The first-order valence-corrected chi connectivity index (χ1v) is 10.7. The van der Waals surface area contributed by atoms with Gasteiger partial charge in [-0.15, -0.1) is 11.3 Å². The maximum absolute atomic E-state index is 12.2. The van der Waals surface area contributed by atoms with Crippen molar-refractivity contribution < 1.29 is 4.79 Å². The fourth-order valence-corrected chi connectivity index (χ4v) is 4.08. The van der Waals surface area contributed by atoms with E-state index in [2.05, 4.69) is 54.2 Å². The molecule has 0 aromatic carbocycles. The maximum Gasteiger partial charge on any atom is 0.223 e. The lowest BCUT2D eigenvalue weighted by Gasteiger charge is -2.22. The van der Waals surface area contributed by atoms with E-state index < -0.39 is 0 Å². The highest BCUT2D eigenvalue weighted by Gasteiger charge is 2.22. The highest BCUT2D eigenvalue weighted by molar-refractivity contribution is 7.10. The van der Waals surface area contributed by atoms with Gasteiger partial charge in [-0.05, 0) is 31.2 Å². The summed E-state index contributed by atoms with van der Waals surface area (Å²) in [4.78, 5) is 18.3. The highest BCUT2D eigenvalue weighted by Crippen LogP contribution is 2.27. The summed E-state index contributed by atoms with van der Waals surface area (Å²) in [7, 11) is 0. The Balaban J connectivity index is 1.75. The monoisotopic (exact) mass is 378 g/mol. The van der Waals surface area contributed by atoms with Gasteiger partial charge >= 0.3 is 0 Å². The number of thiophene rings is 1. The van der Waals surface area contributed by atoms with E-state index in [4.69, 9.17) is 4.99 Å². The van der Waals surface area contributed by atoms with Crippen LogP contribution in [0.15, 0.2) is 22.5 Å². The lowest BCUT2D eigenvalue weighted by molar-refractivity contribution is -0.125. The highest BCUT2D eigenvalue weighted by atomic mass is 32.1. The molecule has 1 aliphatic rings. The molecule has 5 nitrogen and oxygen atoms in total. The lowest BCUT2D eigenvalue weighted by Crippen LogP contribution is -2.43. The van der Waals surface area contributed by atoms with Crippen LogP contribution in [-0.4, -0.2) is 38.0 Å². The first-order chi connectivity index (χ1) is 12.5. The normalized spacial score (nSPS) is 16.3. The Morgan fingerprint density at radius 1 is 1.19 bits per heavy atom. The SMILES string of the molecule is CCNC(=NCC(C)(C)c1cccs1)NCCNC(=O)C1CCCCC1. The number of hydrogen-bond acceptors (Lipinski definition) is 3. The maximum atomic E-state index is 12.2. The standard InChI is InChI=1S/C20H34N4OS/c1-4-21-19(24-15-20(2,3)17-11-8-14-26-17)23-13-12-22-18(25)16-9-6-5-7-10-16/h8,11,14,16H,4-7,9-10,12-13,15H2,1-3H3,(H,22,25)(H2,21,23,24). The van der Waals surface area contributed by atoms with Crippen LogP contribution in [0.3, 0.4) is 0 Å². The van der Waals surface area contributed by atoms with Gasteiger partial charge in [-0.2, -0.15) is 0 Å². The second-order valence-corrected chi connectivity index (χ2v) is 8.56. The van der Waals surface area contributed by atoms with E-state index in [1.165, 1.54) is 24.1 Å². The third-order valence-corrected chi connectivity index (χ3v) is 6.09. The summed E-state index contributed by atoms with van der Waals surface area (Å²) in [6.45, 7) is 9.35. The molecule has 0 unspecified atom stereocenters. The average molecular weight is 379 g/mol. The number of carbonyl (C=O) groups is 1. The molecule has 0 aliphatic heterocycles. The van der Waals surface area contributed by atoms with Crippen LogP contribution in [0.4, 0.5) is 0 Å². The van der Waals surface area contributed by atoms with E-state index >= 15 is 0 Å². The molecule has 1 heterocycles. The van der Waals surface area contributed by atoms with Crippen LogP contribution in [0.5, 0.6) is 0 Å². The molecule has 1 saturated carbocycles. The summed E-state index contributed by atoms with van der Waals surface area (Å²) in [6.07, 6.45) is 5.74. The summed E-state index contributed by atoms with van der Waals surface area (Å²) in [5, 5.41) is 11.8. The van der Waals surface area contributed by atoms with Gasteiger partial charge in [0.05, 0.1) is 6.54 Å². The fourth-order valence-electron chi connectivity index (χ4n) is 3.24. The Morgan fingerprint density at radius 2 is 1.92 bits per heavy atom. The number of nitrogens with zero attached hydrogens (tertiary/aromatic N) is 1. The van der Waals surface area contributed by atoms with Gasteiger partial charge in [0.1, 0.15) is 0 Å². The van der Waals surface area contributed by atoms with Crippen molar-refractivity contribution in [3.8, 4) is 0 Å². The molecule has 6 heteroatoms. The summed E-state index contributed by atoms with van der Waals surface area (Å²) >= 11 is 1.78. The summed E-state index contributed by atoms with van der Waals surface area (Å²) in [5.74, 6) is 1.24. The largest absolute Gasteiger partial charge is 0.357 e. The Kier molecular flexibility index (Phi) is 8.42. The van der Waals surface area contributed by atoms with Gasteiger partial charge in [0, 0.05) is 35.8 Å². The van der Waals surface area contributed by atoms with E-state index in [0.29, 0.717) is 13.1 Å². The third-order valence-electron chi connectivity index (χ3n) is 4.86. The van der Waals surface area contributed by atoms with Crippen LogP contribution in [0.1, 0.15) is 57.8 Å². The van der Waals surface area contributed by atoms with Gasteiger partial charge in [-0.3, -0.25) is 9.79 Å². The molecule has 1 fully saturated rings. The first kappa shape index (κ1) is 20.7. The summed E-state index contributed by atoms with van der Waals surface area (Å²) in [6, 6.07) is 4.26. The molecule has 0 saturated heterocycles. The molecule has 0 radical (unpaired) electrons. The number of guanidine groups is 1. The van der Waals surface area contributed by atoms with Crippen molar-refractivity contribution in [1.82, 2.24) is 16.0 Å². The molecule has 1 aromatic heterocycles. The zero-order valence-corrected chi connectivity index (χ0v) is 17.3. The van der Waals surface area contributed by atoms with Crippen LogP contribution in [0.2, 0.25) is 0 Å². The summed E-state index contributed by atoms with van der Waals surface area (Å²) < 4.78 is 0. The molecule has 1 aliphatic carbocycles. The predicted octanol–water partition coefficient (Wildman–Crippen LogP) is 3.28. The zero-order chi connectivity index (χ0) is 18.8. The molecule has 0 atom stereocenters. The van der Waals surface area contributed by atoms with Crippen LogP contribution in [0.25, 0.3) is 0 Å². The van der Waals surface area contributed by atoms with Crippen molar-refractivity contribution in [1.29, 1.82) is 0 Å². The third kappa shape index (κ3) is 6.63. The second kappa shape index (κ2) is 10.6. The van der Waals surface area contributed by atoms with Gasteiger partial charge < -0.3 is 16.0 Å². The van der Waals surface area contributed by atoms with E-state index in [1.54, 1.807) is 11.3 Å². The predicted molar refractivity (Wildman–Crippen MR) is 111 cm³/mol. The minimum absolute atomic E-state index is 0.0196. The molecule has 146 valence electrons. The molecule has 26 heavy (non-hydrogen) atoms. The van der Waals surface area contributed by atoms with Crippen molar-refractivity contribution in [2.75, 3.05) is 26.2 Å². The van der Waals surface area contributed by atoms with E-state index in [9.17, 15) is 4.79 Å². The van der Waals surface area contributed by atoms with Crippen LogP contribution < -0.4 is 16.0 Å². The number of aliphatic imine (C=N–C) groups is 1. The number of carbonyl (C=O) groups excluding carboxylic acids is 1. The average Bonchev–Trinajstić information content (AvgIpc) is 3.19. The van der Waals surface area contributed by atoms with Gasteiger partial charge in [0.25, 0.3) is 0 Å². The minimum Gasteiger partial charge on any atom is -0.357 e. The molecule has 0 spiro atoms. The molecular formula is C20H34N4OS. The lowest BCUT2D eigenvalue weighted by atomic mass is 9.89. The van der Waals surface area contributed by atoms with Crippen LogP contribution in [0, 0.1) is 5.92 Å². The summed E-state index contributed by atoms with van der Waals surface area (Å²) in [5.41, 5.74) is 0.0196. The van der Waals surface area contributed by atoms with Gasteiger partial charge in [0.15, 0.2) is 5.96 Å². The Labute approximate surface area is 162 Å². The topological polar surface area (TPSA) is 65.5 Å². The van der Waals surface area contributed by atoms with Crippen molar-refractivity contribution in [2.45, 2.75) is 58.3 Å². The van der Waals surface area contributed by atoms with E-state index in [-0.39, 0.29) is 17.2 Å². The van der Waals surface area contributed by atoms with Crippen molar-refractivity contribution in [3.63, 3.8) is 0 Å². The number of rotatable bonds is 8. The fraction of sp³-hybridized carbons (Fsp3) is 0.700. The molecular weight excluding hydrogens is 344 g/mol. The minimum atomic E-state index is 0.0196.